The number of aliphatic carboxylic acids is 1. The third-order valence-electron chi connectivity index (χ3n) is 2.27. The van der Waals surface area contributed by atoms with E-state index >= 15 is 0 Å². The maximum absolute atomic E-state index is 11.5. The molecule has 1 unspecified atom stereocenters. The van der Waals surface area contributed by atoms with Crippen LogP contribution in [-0.4, -0.2) is 42.0 Å². The van der Waals surface area contributed by atoms with Gasteiger partial charge < -0.3 is 19.9 Å². The highest BCUT2D eigenvalue weighted by Crippen LogP contribution is 2.17. The molecule has 0 fully saturated rings. The molecule has 6 nitrogen and oxygen atoms in total. The van der Waals surface area contributed by atoms with E-state index in [1.54, 1.807) is 20.8 Å². The van der Waals surface area contributed by atoms with Crippen molar-refractivity contribution in [3.05, 3.63) is 0 Å². The molecule has 20 heavy (non-hydrogen) atoms. The summed E-state index contributed by atoms with van der Waals surface area (Å²) in [6.07, 6.45) is 0.0514. The number of ether oxygens (including phenoxy) is 2. The molecule has 0 saturated carbocycles. The molecule has 0 aromatic heterocycles. The highest BCUT2D eigenvalue weighted by Gasteiger charge is 2.24. The first kappa shape index (κ1) is 18.7. The zero-order valence-electron chi connectivity index (χ0n) is 13.3. The highest BCUT2D eigenvalue weighted by molar-refractivity contribution is 5.80. The van der Waals surface area contributed by atoms with Gasteiger partial charge in [-0.2, -0.15) is 0 Å². The van der Waals surface area contributed by atoms with Crippen LogP contribution in [-0.2, 0) is 14.3 Å². The molecule has 0 aliphatic carbocycles. The molecule has 0 aliphatic rings. The van der Waals surface area contributed by atoms with Crippen molar-refractivity contribution in [2.24, 2.45) is 5.41 Å². The Morgan fingerprint density at radius 1 is 1.15 bits per heavy atom. The molecule has 1 atom stereocenters. The van der Waals surface area contributed by atoms with E-state index in [9.17, 15) is 9.59 Å². The van der Waals surface area contributed by atoms with Gasteiger partial charge in [-0.05, 0) is 32.6 Å². The van der Waals surface area contributed by atoms with Gasteiger partial charge in [0, 0.05) is 6.61 Å². The number of hydrogen-bond donors (Lipinski definition) is 2. The molecule has 1 amide bonds. The summed E-state index contributed by atoms with van der Waals surface area (Å²) in [7, 11) is 0. The summed E-state index contributed by atoms with van der Waals surface area (Å²) in [5, 5.41) is 11.3. The Kier molecular flexibility index (Phi) is 6.99. The van der Waals surface area contributed by atoms with Gasteiger partial charge in [0.15, 0.2) is 6.04 Å². The van der Waals surface area contributed by atoms with E-state index in [4.69, 9.17) is 14.6 Å². The van der Waals surface area contributed by atoms with Crippen LogP contribution in [0.15, 0.2) is 0 Å². The summed E-state index contributed by atoms with van der Waals surface area (Å²) in [6.45, 7) is 11.7. The fourth-order valence-electron chi connectivity index (χ4n) is 1.20. The summed E-state index contributed by atoms with van der Waals surface area (Å²) in [5.74, 6) is -1.15. The number of carboxylic acid groups (broad SMARTS) is 1. The van der Waals surface area contributed by atoms with Gasteiger partial charge in [0.2, 0.25) is 0 Å². The van der Waals surface area contributed by atoms with Gasteiger partial charge in [-0.3, -0.25) is 0 Å². The van der Waals surface area contributed by atoms with Crippen LogP contribution in [0.3, 0.4) is 0 Å². The second-order valence-electron chi connectivity index (χ2n) is 6.92. The molecule has 0 aromatic carbocycles. The molecule has 6 heteroatoms. The van der Waals surface area contributed by atoms with Gasteiger partial charge in [0.1, 0.15) is 5.60 Å². The third-order valence-corrected chi connectivity index (χ3v) is 2.27. The van der Waals surface area contributed by atoms with E-state index in [1.807, 2.05) is 0 Å². The molecule has 0 radical (unpaired) electrons. The molecule has 0 spiro atoms. The van der Waals surface area contributed by atoms with Crippen molar-refractivity contribution in [3.63, 3.8) is 0 Å². The lowest BCUT2D eigenvalue weighted by Gasteiger charge is -2.22. The number of carboxylic acids is 1. The number of amides is 1. The van der Waals surface area contributed by atoms with Crippen molar-refractivity contribution in [1.82, 2.24) is 5.32 Å². The Balaban J connectivity index is 4.18. The number of carbonyl (C=O) groups is 2. The fourth-order valence-corrected chi connectivity index (χ4v) is 1.20. The minimum Gasteiger partial charge on any atom is -0.480 e. The van der Waals surface area contributed by atoms with Crippen molar-refractivity contribution in [1.29, 1.82) is 0 Å². The number of nitrogens with one attached hydrogen (secondary N) is 1. The Morgan fingerprint density at radius 3 is 2.10 bits per heavy atom. The lowest BCUT2D eigenvalue weighted by molar-refractivity contribution is -0.141. The molecule has 0 saturated heterocycles. The van der Waals surface area contributed by atoms with E-state index in [0.29, 0.717) is 6.61 Å². The van der Waals surface area contributed by atoms with E-state index in [0.717, 1.165) is 6.42 Å². The monoisotopic (exact) mass is 289 g/mol. The largest absolute Gasteiger partial charge is 0.480 e. The molecule has 118 valence electrons. The summed E-state index contributed by atoms with van der Waals surface area (Å²) in [4.78, 5) is 22.6. The summed E-state index contributed by atoms with van der Waals surface area (Å²) >= 11 is 0. The molecule has 0 bridgehead atoms. The number of rotatable bonds is 6. The van der Waals surface area contributed by atoms with Crippen LogP contribution in [0.4, 0.5) is 4.79 Å². The topological polar surface area (TPSA) is 84.9 Å². The number of alkyl carbamates (subject to hydrolysis) is 1. The molecular formula is C14H27NO5. The van der Waals surface area contributed by atoms with Gasteiger partial charge in [0.05, 0.1) is 6.61 Å². The van der Waals surface area contributed by atoms with Crippen LogP contribution in [0.1, 0.15) is 48.0 Å². The van der Waals surface area contributed by atoms with Crippen LogP contribution in [0.25, 0.3) is 0 Å². The first-order valence-electron chi connectivity index (χ1n) is 6.71. The molecular weight excluding hydrogens is 262 g/mol. The predicted octanol–water partition coefficient (Wildman–Crippen LogP) is 2.42. The maximum atomic E-state index is 11.5. The van der Waals surface area contributed by atoms with Gasteiger partial charge in [-0.1, -0.05) is 20.8 Å². The van der Waals surface area contributed by atoms with Crippen LogP contribution in [0.5, 0.6) is 0 Å². The van der Waals surface area contributed by atoms with Crippen LogP contribution in [0.2, 0.25) is 0 Å². The van der Waals surface area contributed by atoms with Gasteiger partial charge >= 0.3 is 12.1 Å². The van der Waals surface area contributed by atoms with Crippen molar-refractivity contribution in [2.45, 2.75) is 59.6 Å². The first-order chi connectivity index (χ1) is 8.91. The number of hydrogen-bond acceptors (Lipinski definition) is 4. The maximum Gasteiger partial charge on any atom is 0.408 e. The van der Waals surface area contributed by atoms with Crippen molar-refractivity contribution >= 4 is 12.1 Å². The smallest absolute Gasteiger partial charge is 0.408 e. The Hall–Kier alpha value is -1.30. The quantitative estimate of drug-likeness (QED) is 0.733. The molecule has 0 heterocycles. The molecule has 0 aliphatic heterocycles. The zero-order valence-corrected chi connectivity index (χ0v) is 13.3. The Bertz CT molecular complexity index is 327. The molecule has 2 N–H and O–H groups in total. The second kappa shape index (κ2) is 7.47. The normalized spacial score (nSPS) is 13.7. The van der Waals surface area contributed by atoms with Gasteiger partial charge in [-0.25, -0.2) is 9.59 Å². The average Bonchev–Trinajstić information content (AvgIpc) is 2.17. The predicted molar refractivity (Wildman–Crippen MR) is 75.7 cm³/mol. The SMILES string of the molecule is CC(C)(C)CCOCC(NC(=O)OC(C)(C)C)C(=O)O. The van der Waals surface area contributed by atoms with Crippen LogP contribution < -0.4 is 5.32 Å². The minimum absolute atomic E-state index is 0.0787. The standard InChI is InChI=1S/C14H27NO5/c1-13(2,3)7-8-19-9-10(11(16)17)15-12(18)20-14(4,5)6/h10H,7-9H2,1-6H3,(H,15,18)(H,16,17). The lowest BCUT2D eigenvalue weighted by atomic mass is 9.93. The fraction of sp³-hybridized carbons (Fsp3) is 0.857. The lowest BCUT2D eigenvalue weighted by Crippen LogP contribution is -2.46. The Labute approximate surface area is 120 Å². The van der Waals surface area contributed by atoms with E-state index < -0.39 is 23.7 Å². The van der Waals surface area contributed by atoms with Gasteiger partial charge in [-0.15, -0.1) is 0 Å². The molecule has 0 aromatic rings. The third kappa shape index (κ3) is 10.6. The average molecular weight is 289 g/mol. The summed E-state index contributed by atoms with van der Waals surface area (Å²) < 4.78 is 10.3. The minimum atomic E-state index is -1.15. The van der Waals surface area contributed by atoms with Gasteiger partial charge in [0.25, 0.3) is 0 Å². The van der Waals surface area contributed by atoms with E-state index in [-0.39, 0.29) is 12.0 Å². The summed E-state index contributed by atoms with van der Waals surface area (Å²) in [6, 6.07) is -1.11. The first-order valence-corrected chi connectivity index (χ1v) is 6.71. The highest BCUT2D eigenvalue weighted by atomic mass is 16.6. The Morgan fingerprint density at radius 2 is 1.70 bits per heavy atom. The summed E-state index contributed by atoms with van der Waals surface area (Å²) in [5.41, 5.74) is -0.544. The molecule has 0 rings (SSSR count). The van der Waals surface area contributed by atoms with E-state index in [2.05, 4.69) is 26.1 Å². The van der Waals surface area contributed by atoms with Crippen molar-refractivity contribution < 1.29 is 24.2 Å². The van der Waals surface area contributed by atoms with Crippen molar-refractivity contribution in [3.8, 4) is 0 Å². The second-order valence-corrected chi connectivity index (χ2v) is 6.92. The van der Waals surface area contributed by atoms with E-state index in [1.165, 1.54) is 0 Å². The van der Waals surface area contributed by atoms with Crippen LogP contribution >= 0.6 is 0 Å². The zero-order chi connectivity index (χ0) is 16.0. The van der Waals surface area contributed by atoms with Crippen LogP contribution in [0, 0.1) is 5.41 Å². The number of carbonyl (C=O) groups excluding carboxylic acids is 1. The van der Waals surface area contributed by atoms with Crippen molar-refractivity contribution in [2.75, 3.05) is 13.2 Å².